The van der Waals surface area contributed by atoms with Crippen molar-refractivity contribution in [3.05, 3.63) is 48.1 Å². The molecule has 1 atom stereocenters. The molecule has 0 spiro atoms. The summed E-state index contributed by atoms with van der Waals surface area (Å²) in [6, 6.07) is 0. The zero-order chi connectivity index (χ0) is 17.8. The standard InChI is InChI=1S/C18H26N4O2/c1-14-10-16(21-24-5)7-6-15(14)8-9-18(23,17(2,3)4)11-22-13-19-12-20-22/h6-9,12-13,23H,10-11H2,1-5H3. The van der Waals surface area contributed by atoms with Gasteiger partial charge in [-0.15, -0.1) is 0 Å². The Morgan fingerprint density at radius 1 is 1.38 bits per heavy atom. The van der Waals surface area contributed by atoms with E-state index < -0.39 is 5.60 Å². The summed E-state index contributed by atoms with van der Waals surface area (Å²) in [6.07, 6.45) is 11.6. The lowest BCUT2D eigenvalue weighted by molar-refractivity contribution is -0.0304. The second-order valence-electron chi connectivity index (χ2n) is 7.11. The van der Waals surface area contributed by atoms with Gasteiger partial charge in [0, 0.05) is 6.42 Å². The van der Waals surface area contributed by atoms with Gasteiger partial charge in [0.1, 0.15) is 25.4 Å². The van der Waals surface area contributed by atoms with E-state index in [1.165, 1.54) is 11.9 Å². The summed E-state index contributed by atoms with van der Waals surface area (Å²) in [4.78, 5) is 8.77. The number of nitrogens with zero attached hydrogens (tertiary/aromatic N) is 4. The van der Waals surface area contributed by atoms with Gasteiger partial charge in [-0.05, 0) is 24.0 Å². The minimum absolute atomic E-state index is 0.347. The van der Waals surface area contributed by atoms with E-state index >= 15 is 0 Å². The summed E-state index contributed by atoms with van der Waals surface area (Å²) in [5, 5.41) is 19.3. The molecule has 1 aliphatic rings. The Bertz CT molecular complexity index is 678. The van der Waals surface area contributed by atoms with Crippen LogP contribution in [0.25, 0.3) is 0 Å². The number of aromatic nitrogens is 3. The smallest absolute Gasteiger partial charge is 0.137 e. The molecule has 0 fully saturated rings. The van der Waals surface area contributed by atoms with E-state index in [9.17, 15) is 5.11 Å². The van der Waals surface area contributed by atoms with Crippen molar-refractivity contribution in [2.24, 2.45) is 10.6 Å². The van der Waals surface area contributed by atoms with Crippen molar-refractivity contribution >= 4 is 5.71 Å². The average molecular weight is 330 g/mol. The molecule has 1 aromatic heterocycles. The number of aliphatic hydroxyl groups is 1. The van der Waals surface area contributed by atoms with Crippen molar-refractivity contribution in [1.29, 1.82) is 0 Å². The van der Waals surface area contributed by atoms with E-state index in [-0.39, 0.29) is 5.41 Å². The van der Waals surface area contributed by atoms with Crippen LogP contribution in [-0.4, -0.2) is 38.3 Å². The highest BCUT2D eigenvalue weighted by molar-refractivity contribution is 5.98. The second kappa shape index (κ2) is 7.13. The van der Waals surface area contributed by atoms with Gasteiger partial charge in [-0.25, -0.2) is 9.67 Å². The van der Waals surface area contributed by atoms with E-state index in [1.807, 2.05) is 45.1 Å². The monoisotopic (exact) mass is 330 g/mol. The third-order valence-electron chi connectivity index (χ3n) is 4.31. The lowest BCUT2D eigenvalue weighted by Crippen LogP contribution is -2.45. The molecular formula is C18H26N4O2. The van der Waals surface area contributed by atoms with Crippen LogP contribution < -0.4 is 0 Å². The number of allylic oxidation sites excluding steroid dienone is 5. The maximum Gasteiger partial charge on any atom is 0.137 e. The molecule has 0 saturated carbocycles. The van der Waals surface area contributed by atoms with E-state index in [0.29, 0.717) is 6.54 Å². The van der Waals surface area contributed by atoms with Crippen molar-refractivity contribution in [3.63, 3.8) is 0 Å². The number of hydrogen-bond donors (Lipinski definition) is 1. The van der Waals surface area contributed by atoms with Gasteiger partial charge in [-0.3, -0.25) is 0 Å². The van der Waals surface area contributed by atoms with Gasteiger partial charge in [0.05, 0.1) is 12.3 Å². The van der Waals surface area contributed by atoms with Crippen LogP contribution >= 0.6 is 0 Å². The second-order valence-corrected chi connectivity index (χ2v) is 7.11. The Hall–Kier alpha value is -2.21. The molecule has 0 aliphatic heterocycles. The minimum atomic E-state index is -1.05. The first-order valence-corrected chi connectivity index (χ1v) is 7.97. The van der Waals surface area contributed by atoms with Crippen LogP contribution in [0.4, 0.5) is 0 Å². The van der Waals surface area contributed by atoms with Gasteiger partial charge in [-0.2, -0.15) is 5.10 Å². The van der Waals surface area contributed by atoms with E-state index in [4.69, 9.17) is 4.84 Å². The molecule has 130 valence electrons. The van der Waals surface area contributed by atoms with Gasteiger partial charge < -0.3 is 9.94 Å². The molecule has 24 heavy (non-hydrogen) atoms. The fraction of sp³-hybridized carbons (Fsp3) is 0.500. The van der Waals surface area contributed by atoms with E-state index in [1.54, 1.807) is 18.1 Å². The fourth-order valence-electron chi connectivity index (χ4n) is 2.47. The third-order valence-corrected chi connectivity index (χ3v) is 4.31. The summed E-state index contributed by atoms with van der Waals surface area (Å²) in [6.45, 7) is 8.43. The topological polar surface area (TPSA) is 72.5 Å². The Balaban J connectivity index is 2.24. The van der Waals surface area contributed by atoms with Crippen LogP contribution in [0.1, 0.15) is 34.1 Å². The number of oxime groups is 1. The third kappa shape index (κ3) is 4.20. The minimum Gasteiger partial charge on any atom is -0.399 e. The van der Waals surface area contributed by atoms with Gasteiger partial charge in [0.25, 0.3) is 0 Å². The summed E-state index contributed by atoms with van der Waals surface area (Å²) in [5.74, 6) is 0. The molecule has 6 nitrogen and oxygen atoms in total. The highest BCUT2D eigenvalue weighted by atomic mass is 16.6. The summed E-state index contributed by atoms with van der Waals surface area (Å²) in [5.41, 5.74) is 1.74. The average Bonchev–Trinajstić information content (AvgIpc) is 2.98. The Morgan fingerprint density at radius 3 is 2.67 bits per heavy atom. The molecule has 6 heteroatoms. The van der Waals surface area contributed by atoms with Crippen LogP contribution in [-0.2, 0) is 11.4 Å². The first-order chi connectivity index (χ1) is 11.2. The molecule has 0 amide bonds. The molecular weight excluding hydrogens is 304 g/mol. The molecule has 1 aromatic rings. The Labute approximate surface area is 143 Å². The van der Waals surface area contributed by atoms with Crippen molar-refractivity contribution in [3.8, 4) is 0 Å². The molecule has 0 saturated heterocycles. The van der Waals surface area contributed by atoms with E-state index in [0.717, 1.165) is 17.7 Å². The first kappa shape index (κ1) is 18.1. The zero-order valence-electron chi connectivity index (χ0n) is 15.0. The highest BCUT2D eigenvalue weighted by Gasteiger charge is 2.38. The van der Waals surface area contributed by atoms with Crippen molar-refractivity contribution in [2.45, 2.75) is 46.3 Å². The summed E-state index contributed by atoms with van der Waals surface area (Å²) in [7, 11) is 1.54. The lowest BCUT2D eigenvalue weighted by atomic mass is 9.75. The summed E-state index contributed by atoms with van der Waals surface area (Å²) < 4.78 is 1.65. The fourth-order valence-corrected chi connectivity index (χ4v) is 2.47. The normalized spacial score (nSPS) is 20.0. The van der Waals surface area contributed by atoms with Crippen molar-refractivity contribution < 1.29 is 9.94 Å². The Kier molecular flexibility index (Phi) is 5.39. The van der Waals surface area contributed by atoms with Gasteiger partial charge >= 0.3 is 0 Å². The predicted molar refractivity (Wildman–Crippen MR) is 94.5 cm³/mol. The molecule has 1 aliphatic carbocycles. The number of rotatable bonds is 5. The molecule has 1 heterocycles. The molecule has 0 bridgehead atoms. The van der Waals surface area contributed by atoms with Crippen LogP contribution in [0.2, 0.25) is 0 Å². The van der Waals surface area contributed by atoms with Gasteiger partial charge in [-0.1, -0.05) is 49.7 Å². The summed E-state index contributed by atoms with van der Waals surface area (Å²) >= 11 is 0. The van der Waals surface area contributed by atoms with Crippen molar-refractivity contribution in [1.82, 2.24) is 14.8 Å². The molecule has 0 radical (unpaired) electrons. The highest BCUT2D eigenvalue weighted by Crippen LogP contribution is 2.34. The first-order valence-electron chi connectivity index (χ1n) is 7.97. The lowest BCUT2D eigenvalue weighted by Gasteiger charge is -2.38. The Morgan fingerprint density at radius 2 is 2.12 bits per heavy atom. The van der Waals surface area contributed by atoms with Crippen LogP contribution in [0.15, 0.2) is 53.3 Å². The maximum atomic E-state index is 11.2. The van der Waals surface area contributed by atoms with Crippen LogP contribution in [0, 0.1) is 5.41 Å². The van der Waals surface area contributed by atoms with Crippen LogP contribution in [0.5, 0.6) is 0 Å². The zero-order valence-corrected chi connectivity index (χ0v) is 15.0. The maximum absolute atomic E-state index is 11.2. The predicted octanol–water partition coefficient (Wildman–Crippen LogP) is 2.89. The van der Waals surface area contributed by atoms with Crippen LogP contribution in [0.3, 0.4) is 0 Å². The van der Waals surface area contributed by atoms with E-state index in [2.05, 4.69) is 22.2 Å². The largest absolute Gasteiger partial charge is 0.399 e. The van der Waals surface area contributed by atoms with Gasteiger partial charge in [0.15, 0.2) is 0 Å². The van der Waals surface area contributed by atoms with Gasteiger partial charge in [0.2, 0.25) is 0 Å². The SMILES string of the molecule is CON=C1C=CC(C=CC(O)(Cn2cncn2)C(C)(C)C)=C(C)C1. The number of hydrogen-bond acceptors (Lipinski definition) is 5. The molecule has 1 N–H and O–H groups in total. The molecule has 1 unspecified atom stereocenters. The molecule has 0 aromatic carbocycles. The van der Waals surface area contributed by atoms with Crippen molar-refractivity contribution in [2.75, 3.05) is 7.11 Å². The quantitative estimate of drug-likeness (QED) is 0.843. The molecule has 2 rings (SSSR count).